The molecule has 0 saturated carbocycles. The van der Waals surface area contributed by atoms with Crippen LogP contribution >= 0.6 is 0 Å². The minimum atomic E-state index is -0.147. The molecule has 2 nitrogen and oxygen atoms in total. The lowest BCUT2D eigenvalue weighted by atomic mass is 9.79. The highest BCUT2D eigenvalue weighted by Crippen LogP contribution is 2.54. The minimum absolute atomic E-state index is 0.0871. The van der Waals surface area contributed by atoms with Gasteiger partial charge in [0.05, 0.1) is 5.69 Å². The lowest BCUT2D eigenvalue weighted by Crippen LogP contribution is -2.19. The van der Waals surface area contributed by atoms with Gasteiger partial charge in [-0.05, 0) is 111 Å². The highest BCUT2D eigenvalue weighted by atomic mass is 16.3. The number of hydrogen-bond donors (Lipinski definition) is 0. The zero-order chi connectivity index (χ0) is 34.9. The van der Waals surface area contributed by atoms with E-state index in [0.29, 0.717) is 0 Å². The molecule has 248 valence electrons. The van der Waals surface area contributed by atoms with Gasteiger partial charge in [-0.25, -0.2) is 0 Å². The number of benzene rings is 6. The fraction of sp³-hybridized carbons (Fsp3) is 0.250. The van der Waals surface area contributed by atoms with Gasteiger partial charge in [-0.15, -0.1) is 0 Å². The molecule has 2 aliphatic carbocycles. The van der Waals surface area contributed by atoms with Crippen molar-refractivity contribution in [2.45, 2.75) is 78.6 Å². The molecule has 0 fully saturated rings. The summed E-state index contributed by atoms with van der Waals surface area (Å²) in [4.78, 5) is 2.47. The number of aryl methyl sites for hydroxylation is 2. The van der Waals surface area contributed by atoms with Crippen LogP contribution in [0.1, 0.15) is 87.4 Å². The Morgan fingerprint density at radius 2 is 1.08 bits per heavy atom. The molecule has 1 aromatic heterocycles. The van der Waals surface area contributed by atoms with Crippen molar-refractivity contribution in [3.8, 4) is 22.3 Å². The van der Waals surface area contributed by atoms with Crippen molar-refractivity contribution >= 4 is 39.0 Å². The summed E-state index contributed by atoms with van der Waals surface area (Å²) >= 11 is 0. The first kappa shape index (κ1) is 30.9. The van der Waals surface area contributed by atoms with E-state index >= 15 is 0 Å². The van der Waals surface area contributed by atoms with Gasteiger partial charge >= 0.3 is 0 Å². The van der Waals surface area contributed by atoms with E-state index in [1.807, 2.05) is 0 Å². The summed E-state index contributed by atoms with van der Waals surface area (Å²) in [6.45, 7) is 20.9. The molecule has 9 rings (SSSR count). The molecule has 2 heteroatoms. The molecule has 0 radical (unpaired) electrons. The van der Waals surface area contributed by atoms with E-state index < -0.39 is 0 Å². The molecule has 2 aliphatic rings. The number of nitrogens with zero attached hydrogens (tertiary/aromatic N) is 1. The highest BCUT2D eigenvalue weighted by Gasteiger charge is 2.39. The molecular weight excluding hydrogens is 607 g/mol. The third-order valence-corrected chi connectivity index (χ3v) is 11.8. The zero-order valence-electron chi connectivity index (χ0n) is 30.7. The van der Waals surface area contributed by atoms with Crippen molar-refractivity contribution in [3.63, 3.8) is 0 Å². The first-order chi connectivity index (χ1) is 23.8. The van der Waals surface area contributed by atoms with Crippen LogP contribution in [0.15, 0.2) is 114 Å². The Morgan fingerprint density at radius 1 is 0.540 bits per heavy atom. The van der Waals surface area contributed by atoms with Gasteiger partial charge in [0, 0.05) is 33.0 Å². The standard InChI is InChI=1S/C48H45NO/c1-28-24-29(2)44(45-43(28)37-15-11-13-17-42(37)50-45)49(31-19-22-35-33-14-10-12-16-38(33)47(6,7)40(35)26-31)32-20-23-36-34-21-18-30(46(3,4)5)25-39(34)48(8,9)41(36)27-32/h10-27H,1-9H3. The van der Waals surface area contributed by atoms with Crippen LogP contribution in [0.4, 0.5) is 17.1 Å². The van der Waals surface area contributed by atoms with Gasteiger partial charge in [-0.1, -0.05) is 127 Å². The van der Waals surface area contributed by atoms with Crippen LogP contribution in [-0.2, 0) is 16.2 Å². The van der Waals surface area contributed by atoms with Crippen LogP contribution in [0.25, 0.3) is 44.2 Å². The second-order valence-electron chi connectivity index (χ2n) is 16.8. The summed E-state index contributed by atoms with van der Waals surface area (Å²) in [6, 6.07) is 41.0. The molecular formula is C48H45NO. The van der Waals surface area contributed by atoms with Gasteiger partial charge in [0.2, 0.25) is 0 Å². The van der Waals surface area contributed by atoms with Gasteiger partial charge < -0.3 is 9.32 Å². The third kappa shape index (κ3) is 4.21. The first-order valence-electron chi connectivity index (χ1n) is 18.0. The number of hydrogen-bond acceptors (Lipinski definition) is 2. The molecule has 0 unspecified atom stereocenters. The van der Waals surface area contributed by atoms with E-state index in [1.165, 1.54) is 66.6 Å². The predicted octanol–water partition coefficient (Wildman–Crippen LogP) is 13.6. The third-order valence-electron chi connectivity index (χ3n) is 11.8. The normalized spacial score (nSPS) is 15.2. The second-order valence-corrected chi connectivity index (χ2v) is 16.8. The largest absolute Gasteiger partial charge is 0.454 e. The van der Waals surface area contributed by atoms with E-state index in [-0.39, 0.29) is 16.2 Å². The molecule has 0 amide bonds. The molecule has 0 bridgehead atoms. The highest BCUT2D eigenvalue weighted by molar-refractivity contribution is 6.12. The predicted molar refractivity (Wildman–Crippen MR) is 212 cm³/mol. The van der Waals surface area contributed by atoms with E-state index in [0.717, 1.165) is 33.6 Å². The van der Waals surface area contributed by atoms with Crippen LogP contribution < -0.4 is 4.90 Å². The molecule has 7 aromatic rings. The van der Waals surface area contributed by atoms with E-state index in [4.69, 9.17) is 4.42 Å². The average Bonchev–Trinajstić information content (AvgIpc) is 3.66. The average molecular weight is 652 g/mol. The summed E-state index contributed by atoms with van der Waals surface area (Å²) in [5.74, 6) is 0. The summed E-state index contributed by atoms with van der Waals surface area (Å²) in [7, 11) is 0. The number of para-hydroxylation sites is 1. The number of anilines is 3. The lowest BCUT2D eigenvalue weighted by Gasteiger charge is -2.31. The van der Waals surface area contributed by atoms with Crippen molar-refractivity contribution in [2.24, 2.45) is 0 Å². The number of furan rings is 1. The molecule has 0 spiro atoms. The summed E-state index contributed by atoms with van der Waals surface area (Å²) < 4.78 is 6.84. The van der Waals surface area contributed by atoms with Crippen molar-refractivity contribution < 1.29 is 4.42 Å². The van der Waals surface area contributed by atoms with Crippen molar-refractivity contribution in [2.75, 3.05) is 4.90 Å². The Bertz CT molecular complexity index is 2550. The topological polar surface area (TPSA) is 16.4 Å². The minimum Gasteiger partial charge on any atom is -0.454 e. The maximum atomic E-state index is 6.84. The van der Waals surface area contributed by atoms with Crippen LogP contribution in [0.2, 0.25) is 0 Å². The quantitative estimate of drug-likeness (QED) is 0.189. The molecule has 50 heavy (non-hydrogen) atoms. The van der Waals surface area contributed by atoms with Crippen molar-refractivity contribution in [1.29, 1.82) is 0 Å². The van der Waals surface area contributed by atoms with Crippen molar-refractivity contribution in [1.82, 2.24) is 0 Å². The fourth-order valence-corrected chi connectivity index (χ4v) is 9.10. The first-order valence-corrected chi connectivity index (χ1v) is 18.0. The summed E-state index contributed by atoms with van der Waals surface area (Å²) in [5.41, 5.74) is 19.7. The summed E-state index contributed by atoms with van der Waals surface area (Å²) in [5, 5.41) is 2.34. The van der Waals surface area contributed by atoms with Gasteiger partial charge in [0.15, 0.2) is 5.58 Å². The van der Waals surface area contributed by atoms with E-state index in [2.05, 4.69) is 176 Å². The monoisotopic (exact) mass is 651 g/mol. The van der Waals surface area contributed by atoms with E-state index in [9.17, 15) is 0 Å². The Morgan fingerprint density at radius 3 is 1.74 bits per heavy atom. The zero-order valence-corrected chi connectivity index (χ0v) is 30.7. The van der Waals surface area contributed by atoms with Crippen LogP contribution in [-0.4, -0.2) is 0 Å². The Labute approximate surface area is 296 Å². The number of rotatable bonds is 3. The van der Waals surface area contributed by atoms with Crippen LogP contribution in [0.3, 0.4) is 0 Å². The van der Waals surface area contributed by atoms with Gasteiger partial charge in [-0.3, -0.25) is 0 Å². The van der Waals surface area contributed by atoms with Gasteiger partial charge in [-0.2, -0.15) is 0 Å². The second kappa shape index (κ2) is 10.2. The molecule has 0 saturated heterocycles. The molecule has 1 heterocycles. The Hall–Kier alpha value is -5.08. The van der Waals surface area contributed by atoms with Crippen LogP contribution in [0.5, 0.6) is 0 Å². The van der Waals surface area contributed by atoms with Gasteiger partial charge in [0.1, 0.15) is 5.58 Å². The number of fused-ring (bicyclic) bond motifs is 9. The molecule has 0 atom stereocenters. The maximum Gasteiger partial charge on any atom is 0.159 e. The summed E-state index contributed by atoms with van der Waals surface area (Å²) in [6.07, 6.45) is 0. The molecule has 6 aromatic carbocycles. The molecule has 0 aliphatic heterocycles. The molecule has 0 N–H and O–H groups in total. The fourth-order valence-electron chi connectivity index (χ4n) is 9.10. The van der Waals surface area contributed by atoms with E-state index in [1.54, 1.807) is 0 Å². The van der Waals surface area contributed by atoms with Crippen LogP contribution in [0, 0.1) is 13.8 Å². The maximum absolute atomic E-state index is 6.84. The van der Waals surface area contributed by atoms with Crippen molar-refractivity contribution in [3.05, 3.63) is 148 Å². The Balaban J connectivity index is 1.31. The van der Waals surface area contributed by atoms with Gasteiger partial charge in [0.25, 0.3) is 0 Å². The smallest absolute Gasteiger partial charge is 0.159 e. The Kier molecular flexibility index (Phi) is 6.33. The lowest BCUT2D eigenvalue weighted by molar-refractivity contribution is 0.584. The SMILES string of the molecule is Cc1cc(C)c2c(oc3ccccc32)c1N(c1ccc2c(c1)C(C)(C)c1ccccc1-2)c1ccc2c(c1)C(C)(C)c1cc(C(C)(C)C)ccc1-2.